The zero-order valence-corrected chi connectivity index (χ0v) is 11.3. The van der Waals surface area contributed by atoms with Gasteiger partial charge in [0.15, 0.2) is 0 Å². The van der Waals surface area contributed by atoms with Crippen molar-refractivity contribution in [3.63, 3.8) is 0 Å². The Bertz CT molecular complexity index is 485. The maximum atomic E-state index is 12.3. The summed E-state index contributed by atoms with van der Waals surface area (Å²) in [5.41, 5.74) is 2.59. The van der Waals surface area contributed by atoms with Gasteiger partial charge in [0, 0.05) is 0 Å². The van der Waals surface area contributed by atoms with E-state index in [4.69, 9.17) is 0 Å². The Morgan fingerprint density at radius 1 is 1.32 bits per heavy atom. The maximum absolute atomic E-state index is 12.3. The number of aliphatic hydroxyl groups excluding tert-OH is 1. The number of hydrogen-bond donors (Lipinski definition) is 2. The van der Waals surface area contributed by atoms with Crippen LogP contribution in [0.15, 0.2) is 24.3 Å². The normalized spacial score (nSPS) is 33.2. The zero-order chi connectivity index (χ0) is 13.4. The first-order valence-electron chi connectivity index (χ1n) is 7.23. The molecule has 1 aromatic carbocycles. The predicted octanol–water partition coefficient (Wildman–Crippen LogP) is 2.20. The summed E-state index contributed by atoms with van der Waals surface area (Å²) in [7, 11) is 0. The minimum Gasteiger partial charge on any atom is -0.392 e. The van der Waals surface area contributed by atoms with Crippen LogP contribution in [0.2, 0.25) is 0 Å². The fourth-order valence-electron chi connectivity index (χ4n) is 3.52. The van der Waals surface area contributed by atoms with Crippen molar-refractivity contribution in [3.8, 4) is 0 Å². The van der Waals surface area contributed by atoms with Gasteiger partial charge in [0.05, 0.1) is 18.1 Å². The molecule has 2 aliphatic carbocycles. The molecule has 1 aromatic rings. The molecule has 0 heterocycles. The Morgan fingerprint density at radius 3 is 2.84 bits per heavy atom. The van der Waals surface area contributed by atoms with Crippen LogP contribution in [0.5, 0.6) is 0 Å². The van der Waals surface area contributed by atoms with Gasteiger partial charge in [0.1, 0.15) is 0 Å². The first-order valence-corrected chi connectivity index (χ1v) is 7.23. The Labute approximate surface area is 114 Å². The lowest BCUT2D eigenvalue weighted by atomic mass is 9.99. The van der Waals surface area contributed by atoms with Gasteiger partial charge in [0.2, 0.25) is 5.91 Å². The van der Waals surface area contributed by atoms with Gasteiger partial charge in [-0.3, -0.25) is 4.79 Å². The molecule has 0 spiro atoms. The molecule has 2 aliphatic rings. The van der Waals surface area contributed by atoms with Crippen LogP contribution in [0.3, 0.4) is 0 Å². The molecule has 3 nitrogen and oxygen atoms in total. The molecule has 0 saturated heterocycles. The number of benzene rings is 1. The molecule has 2 N–H and O–H groups in total. The molecule has 102 valence electrons. The third-order valence-electron chi connectivity index (χ3n) is 4.62. The highest BCUT2D eigenvalue weighted by atomic mass is 16.3. The van der Waals surface area contributed by atoms with Gasteiger partial charge in [-0.1, -0.05) is 31.2 Å². The van der Waals surface area contributed by atoms with E-state index >= 15 is 0 Å². The Morgan fingerprint density at radius 2 is 2.11 bits per heavy atom. The molecule has 1 amide bonds. The van der Waals surface area contributed by atoms with E-state index in [-0.39, 0.29) is 17.9 Å². The van der Waals surface area contributed by atoms with E-state index in [0.29, 0.717) is 5.92 Å². The second kappa shape index (κ2) is 4.97. The summed E-state index contributed by atoms with van der Waals surface area (Å²) in [4.78, 5) is 12.3. The van der Waals surface area contributed by atoms with Crippen LogP contribution in [0.4, 0.5) is 0 Å². The summed E-state index contributed by atoms with van der Waals surface area (Å²) in [6.45, 7) is 2.18. The summed E-state index contributed by atoms with van der Waals surface area (Å²) >= 11 is 0. The Balaban J connectivity index is 1.75. The summed E-state index contributed by atoms with van der Waals surface area (Å²) in [6.07, 6.45) is 3.10. The Hall–Kier alpha value is -1.35. The molecule has 0 aromatic heterocycles. The minimum absolute atomic E-state index is 0.0264. The second-order valence-corrected chi connectivity index (χ2v) is 5.97. The monoisotopic (exact) mass is 259 g/mol. The number of hydrogen-bond acceptors (Lipinski definition) is 2. The van der Waals surface area contributed by atoms with E-state index in [9.17, 15) is 9.90 Å². The number of fused-ring (bicyclic) bond motifs is 1. The maximum Gasteiger partial charge on any atom is 0.226 e. The molecule has 1 fully saturated rings. The van der Waals surface area contributed by atoms with E-state index in [1.54, 1.807) is 0 Å². The SMILES string of the molecule is CC1Cc2ccccc2C1NC(=O)C1CCCC1O. The second-order valence-electron chi connectivity index (χ2n) is 5.97. The van der Waals surface area contributed by atoms with Crippen molar-refractivity contribution >= 4 is 5.91 Å². The standard InChI is InChI=1S/C16H21NO2/c1-10-9-11-5-2-3-6-12(11)15(10)17-16(19)13-7-4-8-14(13)18/h2-3,5-6,10,13-15,18H,4,7-9H2,1H3,(H,17,19). The highest BCUT2D eigenvalue weighted by Crippen LogP contribution is 2.36. The fourth-order valence-corrected chi connectivity index (χ4v) is 3.52. The average Bonchev–Trinajstić information content (AvgIpc) is 2.94. The van der Waals surface area contributed by atoms with Crippen molar-refractivity contribution in [1.82, 2.24) is 5.32 Å². The van der Waals surface area contributed by atoms with Gasteiger partial charge in [0.25, 0.3) is 0 Å². The predicted molar refractivity (Wildman–Crippen MR) is 73.5 cm³/mol. The van der Waals surface area contributed by atoms with Gasteiger partial charge in [-0.25, -0.2) is 0 Å². The van der Waals surface area contributed by atoms with Gasteiger partial charge >= 0.3 is 0 Å². The van der Waals surface area contributed by atoms with Crippen molar-refractivity contribution < 1.29 is 9.90 Å². The molecule has 0 aliphatic heterocycles. The van der Waals surface area contributed by atoms with Gasteiger partial charge in [-0.05, 0) is 42.7 Å². The van der Waals surface area contributed by atoms with E-state index < -0.39 is 6.10 Å². The largest absolute Gasteiger partial charge is 0.392 e. The Kier molecular flexibility index (Phi) is 3.31. The van der Waals surface area contributed by atoms with Crippen LogP contribution in [-0.2, 0) is 11.2 Å². The smallest absolute Gasteiger partial charge is 0.226 e. The average molecular weight is 259 g/mol. The lowest BCUT2D eigenvalue weighted by Gasteiger charge is -2.22. The van der Waals surface area contributed by atoms with Crippen molar-refractivity contribution in [2.24, 2.45) is 11.8 Å². The van der Waals surface area contributed by atoms with Crippen molar-refractivity contribution in [1.29, 1.82) is 0 Å². The molecule has 4 atom stereocenters. The van der Waals surface area contributed by atoms with Crippen LogP contribution in [-0.4, -0.2) is 17.1 Å². The van der Waals surface area contributed by atoms with Crippen molar-refractivity contribution in [2.45, 2.75) is 44.8 Å². The van der Waals surface area contributed by atoms with Crippen molar-refractivity contribution in [3.05, 3.63) is 35.4 Å². The molecule has 1 saturated carbocycles. The molecule has 19 heavy (non-hydrogen) atoms. The molecule has 3 rings (SSSR count). The van der Waals surface area contributed by atoms with E-state index in [1.165, 1.54) is 11.1 Å². The zero-order valence-electron chi connectivity index (χ0n) is 11.3. The molecule has 4 unspecified atom stereocenters. The number of carbonyl (C=O) groups is 1. The first kappa shape index (κ1) is 12.7. The van der Waals surface area contributed by atoms with Crippen LogP contribution in [0, 0.1) is 11.8 Å². The third kappa shape index (κ3) is 2.27. The van der Waals surface area contributed by atoms with Gasteiger partial charge in [-0.2, -0.15) is 0 Å². The van der Waals surface area contributed by atoms with E-state index in [0.717, 1.165) is 25.7 Å². The van der Waals surface area contributed by atoms with Crippen molar-refractivity contribution in [2.75, 3.05) is 0 Å². The lowest BCUT2D eigenvalue weighted by molar-refractivity contribution is -0.128. The van der Waals surface area contributed by atoms with Crippen LogP contribution >= 0.6 is 0 Å². The lowest BCUT2D eigenvalue weighted by Crippen LogP contribution is -2.38. The molecular formula is C16H21NO2. The topological polar surface area (TPSA) is 49.3 Å². The number of carbonyl (C=O) groups excluding carboxylic acids is 1. The van der Waals surface area contributed by atoms with Crippen LogP contribution in [0.25, 0.3) is 0 Å². The molecular weight excluding hydrogens is 238 g/mol. The summed E-state index contributed by atoms with van der Waals surface area (Å²) in [6, 6.07) is 8.44. The highest BCUT2D eigenvalue weighted by molar-refractivity contribution is 5.80. The summed E-state index contributed by atoms with van der Waals surface area (Å²) < 4.78 is 0. The quantitative estimate of drug-likeness (QED) is 0.855. The number of aliphatic hydroxyl groups is 1. The van der Waals surface area contributed by atoms with Gasteiger partial charge < -0.3 is 10.4 Å². The minimum atomic E-state index is -0.452. The van der Waals surface area contributed by atoms with Crippen LogP contribution < -0.4 is 5.32 Å². The van der Waals surface area contributed by atoms with E-state index in [2.05, 4.69) is 30.4 Å². The fraction of sp³-hybridized carbons (Fsp3) is 0.562. The number of amides is 1. The molecule has 0 bridgehead atoms. The first-order chi connectivity index (χ1) is 9.16. The number of nitrogens with one attached hydrogen (secondary N) is 1. The van der Waals surface area contributed by atoms with Gasteiger partial charge in [-0.15, -0.1) is 0 Å². The van der Waals surface area contributed by atoms with E-state index in [1.807, 2.05) is 6.07 Å². The van der Waals surface area contributed by atoms with Crippen LogP contribution in [0.1, 0.15) is 43.4 Å². The summed E-state index contributed by atoms with van der Waals surface area (Å²) in [5, 5.41) is 13.0. The number of rotatable bonds is 2. The molecule has 3 heteroatoms. The molecule has 0 radical (unpaired) electrons. The summed E-state index contributed by atoms with van der Waals surface area (Å²) in [5.74, 6) is 0.249. The third-order valence-corrected chi connectivity index (χ3v) is 4.62. The highest BCUT2D eigenvalue weighted by Gasteiger charge is 2.36.